The van der Waals surface area contributed by atoms with Crippen LogP contribution < -0.4 is 24.6 Å². The molecule has 0 spiro atoms. The second-order valence-electron chi connectivity index (χ2n) is 8.59. The number of carbonyl (C=O) groups is 2. The lowest BCUT2D eigenvalue weighted by Gasteiger charge is -2.14. The molecule has 1 aliphatic heterocycles. The van der Waals surface area contributed by atoms with Crippen LogP contribution in [-0.2, 0) is 9.59 Å². The Morgan fingerprint density at radius 1 is 0.730 bits per heavy atom. The first-order valence-corrected chi connectivity index (χ1v) is 12.7. The van der Waals surface area contributed by atoms with Gasteiger partial charge in [0.05, 0.1) is 12.3 Å². The molecule has 3 aromatic carbocycles. The monoisotopic (exact) mass is 500 g/mol. The van der Waals surface area contributed by atoms with Crippen molar-refractivity contribution in [3.05, 3.63) is 90.0 Å². The van der Waals surface area contributed by atoms with E-state index in [1.165, 1.54) is 24.3 Å². The minimum atomic E-state index is -0.458. The van der Waals surface area contributed by atoms with Crippen molar-refractivity contribution in [1.29, 1.82) is 0 Å². The quantitative estimate of drug-likeness (QED) is 0.189. The fourth-order valence-corrected chi connectivity index (χ4v) is 3.87. The van der Waals surface area contributed by atoms with Gasteiger partial charge in [-0.2, -0.15) is 0 Å². The van der Waals surface area contributed by atoms with Crippen LogP contribution >= 0.6 is 0 Å². The number of hydrazine groups is 1. The third kappa shape index (κ3) is 7.13. The summed E-state index contributed by atoms with van der Waals surface area (Å²) in [5.74, 6) is 1.25. The number of hydrogen-bond donors (Lipinski definition) is 1. The molecule has 0 aliphatic carbocycles. The second-order valence-corrected chi connectivity index (χ2v) is 8.59. The van der Waals surface area contributed by atoms with Crippen molar-refractivity contribution >= 4 is 23.6 Å². The lowest BCUT2D eigenvalue weighted by atomic mass is 10.1. The average molecular weight is 501 g/mol. The zero-order valence-corrected chi connectivity index (χ0v) is 21.0. The van der Waals surface area contributed by atoms with Crippen LogP contribution in [-0.4, -0.2) is 31.6 Å². The van der Waals surface area contributed by atoms with Gasteiger partial charge < -0.3 is 14.2 Å². The smallest absolute Gasteiger partial charge is 0.282 e. The van der Waals surface area contributed by atoms with Crippen molar-refractivity contribution in [2.24, 2.45) is 0 Å². The van der Waals surface area contributed by atoms with Crippen LogP contribution in [0.15, 0.2) is 84.4 Å². The van der Waals surface area contributed by atoms with Crippen LogP contribution in [0.5, 0.6) is 17.2 Å². The summed E-state index contributed by atoms with van der Waals surface area (Å²) in [6.45, 7) is 3.55. The third-order valence-electron chi connectivity index (χ3n) is 5.82. The normalized spacial score (nSPS) is 14.1. The zero-order chi connectivity index (χ0) is 25.9. The highest BCUT2D eigenvalue weighted by molar-refractivity contribution is 6.31. The summed E-state index contributed by atoms with van der Waals surface area (Å²) in [7, 11) is 0. The molecule has 37 heavy (non-hydrogen) atoms. The Balaban J connectivity index is 1.29. The number of hydrogen-bond acceptors (Lipinski definition) is 5. The molecule has 3 aromatic rings. The Kier molecular flexibility index (Phi) is 9.18. The first kappa shape index (κ1) is 25.8. The van der Waals surface area contributed by atoms with E-state index in [4.69, 9.17) is 14.2 Å². The number of nitrogens with zero attached hydrogens (tertiary/aromatic N) is 1. The van der Waals surface area contributed by atoms with Gasteiger partial charge in [-0.15, -0.1) is 0 Å². The second kappa shape index (κ2) is 13.2. The molecule has 0 atom stereocenters. The Morgan fingerprint density at radius 3 is 2.11 bits per heavy atom. The van der Waals surface area contributed by atoms with E-state index >= 15 is 0 Å². The van der Waals surface area contributed by atoms with Crippen LogP contribution in [0.3, 0.4) is 0 Å². The number of nitrogens with one attached hydrogen (secondary N) is 1. The Hall–Kier alpha value is -4.26. The topological polar surface area (TPSA) is 77.1 Å². The molecular formula is C30H32N2O5. The summed E-state index contributed by atoms with van der Waals surface area (Å²) >= 11 is 0. The number of amides is 2. The van der Waals surface area contributed by atoms with Crippen LogP contribution in [0, 0.1) is 0 Å². The van der Waals surface area contributed by atoms with Crippen molar-refractivity contribution < 1.29 is 23.8 Å². The van der Waals surface area contributed by atoms with Gasteiger partial charge in [0.15, 0.2) is 0 Å². The van der Waals surface area contributed by atoms with E-state index in [1.807, 2.05) is 42.5 Å². The summed E-state index contributed by atoms with van der Waals surface area (Å²) in [5.41, 5.74) is 3.89. The van der Waals surface area contributed by atoms with Gasteiger partial charge in [0.2, 0.25) is 0 Å². The van der Waals surface area contributed by atoms with Gasteiger partial charge in [-0.05, 0) is 55.0 Å². The molecule has 1 heterocycles. The summed E-state index contributed by atoms with van der Waals surface area (Å²) in [5, 5.41) is 1.24. The predicted molar refractivity (Wildman–Crippen MR) is 144 cm³/mol. The van der Waals surface area contributed by atoms with Crippen molar-refractivity contribution in [3.63, 3.8) is 0 Å². The highest BCUT2D eigenvalue weighted by atomic mass is 16.5. The first-order chi connectivity index (χ1) is 18.2. The summed E-state index contributed by atoms with van der Waals surface area (Å²) in [4.78, 5) is 25.4. The molecule has 7 heteroatoms. The van der Waals surface area contributed by atoms with E-state index < -0.39 is 11.8 Å². The minimum Gasteiger partial charge on any atom is -0.494 e. The van der Waals surface area contributed by atoms with Gasteiger partial charge in [-0.3, -0.25) is 15.0 Å². The fourth-order valence-electron chi connectivity index (χ4n) is 3.87. The number of benzene rings is 3. The van der Waals surface area contributed by atoms with Crippen molar-refractivity contribution in [3.8, 4) is 17.2 Å². The van der Waals surface area contributed by atoms with Gasteiger partial charge in [0.25, 0.3) is 11.8 Å². The SMILES string of the molecule is CCCCCCOc1ccc(OCCOc2ccccc2C=C2C(=O)NN(c3ccccc3)C2=O)cc1. The van der Waals surface area contributed by atoms with Crippen molar-refractivity contribution in [1.82, 2.24) is 5.43 Å². The molecule has 1 aliphatic rings. The standard InChI is InChI=1S/C30H32N2O5/c1-2-3-4-10-19-35-25-15-17-26(18-16-25)36-20-21-37-28-14-9-8-11-23(28)22-27-29(33)31-32(30(27)34)24-12-6-5-7-13-24/h5-9,11-18,22H,2-4,10,19-21H2,1H3,(H,31,33). The Bertz CT molecular complexity index is 1210. The largest absolute Gasteiger partial charge is 0.494 e. The minimum absolute atomic E-state index is 0.0452. The lowest BCUT2D eigenvalue weighted by molar-refractivity contribution is -0.117. The predicted octanol–water partition coefficient (Wildman–Crippen LogP) is 5.56. The molecule has 4 rings (SSSR count). The Labute approximate surface area is 217 Å². The first-order valence-electron chi connectivity index (χ1n) is 12.7. The van der Waals surface area contributed by atoms with E-state index in [0.29, 0.717) is 30.2 Å². The molecule has 1 fully saturated rings. The molecule has 7 nitrogen and oxygen atoms in total. The van der Waals surface area contributed by atoms with Crippen LogP contribution in [0.1, 0.15) is 38.2 Å². The van der Waals surface area contributed by atoms with Crippen LogP contribution in [0.25, 0.3) is 6.08 Å². The van der Waals surface area contributed by atoms with E-state index in [1.54, 1.807) is 42.5 Å². The summed E-state index contributed by atoms with van der Waals surface area (Å²) in [6, 6.07) is 23.8. The Morgan fingerprint density at radius 2 is 1.38 bits per heavy atom. The number of unbranched alkanes of at least 4 members (excludes halogenated alkanes) is 3. The molecule has 0 saturated carbocycles. The number of anilines is 1. The molecule has 2 amide bonds. The fraction of sp³-hybridized carbons (Fsp3) is 0.267. The summed E-state index contributed by atoms with van der Waals surface area (Å²) < 4.78 is 17.5. The number of para-hydroxylation sites is 2. The van der Waals surface area contributed by atoms with Crippen LogP contribution in [0.2, 0.25) is 0 Å². The highest BCUT2D eigenvalue weighted by Gasteiger charge is 2.34. The van der Waals surface area contributed by atoms with Gasteiger partial charge in [0, 0.05) is 5.56 Å². The van der Waals surface area contributed by atoms with E-state index in [-0.39, 0.29) is 5.57 Å². The average Bonchev–Trinajstić information content (AvgIpc) is 3.21. The number of rotatable bonds is 13. The third-order valence-corrected chi connectivity index (χ3v) is 5.82. The molecule has 1 saturated heterocycles. The maximum absolute atomic E-state index is 12.9. The summed E-state index contributed by atoms with van der Waals surface area (Å²) in [6.07, 6.45) is 6.25. The molecule has 1 N–H and O–H groups in total. The van der Waals surface area contributed by atoms with Gasteiger partial charge in [-0.1, -0.05) is 62.6 Å². The van der Waals surface area contributed by atoms with Gasteiger partial charge >= 0.3 is 0 Å². The number of ether oxygens (including phenoxy) is 3. The maximum atomic E-state index is 12.9. The van der Waals surface area contributed by atoms with E-state index in [9.17, 15) is 9.59 Å². The van der Waals surface area contributed by atoms with E-state index in [0.717, 1.165) is 24.5 Å². The molecule has 0 unspecified atom stereocenters. The number of carbonyl (C=O) groups excluding carboxylic acids is 2. The van der Waals surface area contributed by atoms with Crippen LogP contribution in [0.4, 0.5) is 5.69 Å². The van der Waals surface area contributed by atoms with Crippen molar-refractivity contribution in [2.75, 3.05) is 24.8 Å². The molecule has 192 valence electrons. The molecule has 0 radical (unpaired) electrons. The lowest BCUT2D eigenvalue weighted by Crippen LogP contribution is -2.35. The molecular weight excluding hydrogens is 468 g/mol. The van der Waals surface area contributed by atoms with Gasteiger partial charge in [-0.25, -0.2) is 5.01 Å². The molecule has 0 aromatic heterocycles. The highest BCUT2D eigenvalue weighted by Crippen LogP contribution is 2.25. The van der Waals surface area contributed by atoms with Crippen molar-refractivity contribution in [2.45, 2.75) is 32.6 Å². The maximum Gasteiger partial charge on any atom is 0.282 e. The zero-order valence-electron chi connectivity index (χ0n) is 21.0. The molecule has 0 bridgehead atoms. The van der Waals surface area contributed by atoms with Gasteiger partial charge in [0.1, 0.15) is 36.0 Å². The van der Waals surface area contributed by atoms with E-state index in [2.05, 4.69) is 12.3 Å².